The minimum atomic E-state index is 0.187. The van der Waals surface area contributed by atoms with Crippen molar-refractivity contribution in [3.8, 4) is 0 Å². The number of likely N-dealkylation sites (N-methyl/N-ethyl adjacent to an activating group) is 1. The molecule has 1 N–H and O–H groups in total. The van der Waals surface area contributed by atoms with Crippen molar-refractivity contribution in [2.24, 2.45) is 0 Å². The summed E-state index contributed by atoms with van der Waals surface area (Å²) in [5, 5.41) is 8.67. The molecule has 0 aliphatic heterocycles. The number of methoxy groups -OCH3 is 1. The Kier molecular flexibility index (Phi) is 8.14. The Morgan fingerprint density at radius 3 is 2.85 bits per heavy atom. The summed E-state index contributed by atoms with van der Waals surface area (Å²) < 4.78 is 7.21. The molecule has 1 atom stereocenters. The topological polar surface area (TPSA) is 42.3 Å². The Bertz CT molecular complexity index is 373. The van der Waals surface area contributed by atoms with Gasteiger partial charge in [0.05, 0.1) is 29.5 Å². The average Bonchev–Trinajstić information content (AvgIpc) is 2.78. The summed E-state index contributed by atoms with van der Waals surface area (Å²) in [4.78, 5) is 2.14. The summed E-state index contributed by atoms with van der Waals surface area (Å²) in [7, 11) is 5.84. The van der Waals surface area contributed by atoms with Gasteiger partial charge in [-0.05, 0) is 33.5 Å². The summed E-state index contributed by atoms with van der Waals surface area (Å²) >= 11 is 6.34. The van der Waals surface area contributed by atoms with E-state index in [-0.39, 0.29) is 6.04 Å². The van der Waals surface area contributed by atoms with Gasteiger partial charge in [-0.1, -0.05) is 18.5 Å². The van der Waals surface area contributed by atoms with Crippen molar-refractivity contribution in [3.05, 3.63) is 16.9 Å². The third-order valence-electron chi connectivity index (χ3n) is 3.17. The lowest BCUT2D eigenvalue weighted by Crippen LogP contribution is -2.28. The molecule has 0 aromatic carbocycles. The van der Waals surface area contributed by atoms with Crippen LogP contribution in [0.15, 0.2) is 6.20 Å². The minimum absolute atomic E-state index is 0.187. The average molecular weight is 303 g/mol. The first-order chi connectivity index (χ1) is 9.60. The first kappa shape index (κ1) is 17.4. The van der Waals surface area contributed by atoms with Gasteiger partial charge in [0.15, 0.2) is 0 Å². The van der Waals surface area contributed by atoms with Gasteiger partial charge in [0.2, 0.25) is 0 Å². The predicted octanol–water partition coefficient (Wildman–Crippen LogP) is 2.18. The van der Waals surface area contributed by atoms with Crippen LogP contribution in [0.4, 0.5) is 0 Å². The predicted molar refractivity (Wildman–Crippen MR) is 83.3 cm³/mol. The number of hydrogen-bond donors (Lipinski definition) is 1. The largest absolute Gasteiger partial charge is 0.385 e. The molecule has 1 heterocycles. The molecule has 5 nitrogen and oxygen atoms in total. The fourth-order valence-corrected chi connectivity index (χ4v) is 2.35. The second kappa shape index (κ2) is 9.34. The van der Waals surface area contributed by atoms with Crippen LogP contribution in [0.3, 0.4) is 0 Å². The molecule has 20 heavy (non-hydrogen) atoms. The molecule has 0 saturated carbocycles. The number of halogens is 1. The quantitative estimate of drug-likeness (QED) is 0.719. The lowest BCUT2D eigenvalue weighted by atomic mass is 10.1. The Morgan fingerprint density at radius 1 is 1.50 bits per heavy atom. The van der Waals surface area contributed by atoms with Gasteiger partial charge in [-0.3, -0.25) is 4.68 Å². The molecule has 0 aliphatic carbocycles. The Morgan fingerprint density at radius 2 is 2.25 bits per heavy atom. The lowest BCUT2D eigenvalue weighted by Gasteiger charge is -2.21. The fraction of sp³-hybridized carbons (Fsp3) is 0.786. The molecule has 0 amide bonds. The number of hydrogen-bond acceptors (Lipinski definition) is 4. The third kappa shape index (κ3) is 5.40. The van der Waals surface area contributed by atoms with E-state index in [9.17, 15) is 0 Å². The molecule has 6 heteroatoms. The van der Waals surface area contributed by atoms with E-state index in [0.717, 1.165) is 43.2 Å². The summed E-state index contributed by atoms with van der Waals surface area (Å²) in [6.07, 6.45) is 3.72. The SMILES string of the molecule is CCCNC(CCOC)c1c(Cl)cnn1CCN(C)C. The van der Waals surface area contributed by atoms with Crippen LogP contribution in [0.5, 0.6) is 0 Å². The van der Waals surface area contributed by atoms with Crippen molar-refractivity contribution in [3.63, 3.8) is 0 Å². The zero-order chi connectivity index (χ0) is 15.0. The smallest absolute Gasteiger partial charge is 0.0834 e. The van der Waals surface area contributed by atoms with E-state index in [1.807, 2.05) is 4.68 Å². The molecule has 0 spiro atoms. The Labute approximate surface area is 127 Å². The van der Waals surface area contributed by atoms with Crippen LogP contribution in [-0.4, -0.2) is 55.6 Å². The molecule has 1 aromatic heterocycles. The van der Waals surface area contributed by atoms with Gasteiger partial charge in [-0.25, -0.2) is 0 Å². The molecule has 0 saturated heterocycles. The molecule has 1 rings (SSSR count). The van der Waals surface area contributed by atoms with Gasteiger partial charge in [0, 0.05) is 20.3 Å². The fourth-order valence-electron chi connectivity index (χ4n) is 2.08. The number of nitrogens with zero attached hydrogens (tertiary/aromatic N) is 3. The van der Waals surface area contributed by atoms with E-state index in [1.54, 1.807) is 13.3 Å². The highest BCUT2D eigenvalue weighted by molar-refractivity contribution is 6.31. The van der Waals surface area contributed by atoms with Gasteiger partial charge >= 0.3 is 0 Å². The van der Waals surface area contributed by atoms with Crippen LogP contribution in [0.2, 0.25) is 5.02 Å². The van der Waals surface area contributed by atoms with Crippen LogP contribution >= 0.6 is 11.6 Å². The van der Waals surface area contributed by atoms with Crippen molar-refractivity contribution >= 4 is 11.6 Å². The number of nitrogens with one attached hydrogen (secondary N) is 1. The zero-order valence-electron chi connectivity index (χ0n) is 13.0. The van der Waals surface area contributed by atoms with Crippen LogP contribution in [0.25, 0.3) is 0 Å². The number of rotatable bonds is 10. The van der Waals surface area contributed by atoms with Gasteiger partial charge in [0.1, 0.15) is 0 Å². The molecule has 1 unspecified atom stereocenters. The normalized spacial score (nSPS) is 13.1. The van der Waals surface area contributed by atoms with E-state index in [1.165, 1.54) is 0 Å². The summed E-state index contributed by atoms with van der Waals surface area (Å²) in [6, 6.07) is 0.187. The summed E-state index contributed by atoms with van der Waals surface area (Å²) in [5.74, 6) is 0. The highest BCUT2D eigenvalue weighted by Crippen LogP contribution is 2.25. The van der Waals surface area contributed by atoms with Gasteiger partial charge in [-0.15, -0.1) is 0 Å². The minimum Gasteiger partial charge on any atom is -0.385 e. The molecule has 0 bridgehead atoms. The third-order valence-corrected chi connectivity index (χ3v) is 3.46. The Hall–Kier alpha value is -0.620. The highest BCUT2D eigenvalue weighted by Gasteiger charge is 2.19. The lowest BCUT2D eigenvalue weighted by molar-refractivity contribution is 0.181. The highest BCUT2D eigenvalue weighted by atomic mass is 35.5. The standard InChI is InChI=1S/C14H27ClN4O/c1-5-7-16-13(6-10-20-4)14-12(15)11-17-19(14)9-8-18(2)3/h11,13,16H,5-10H2,1-4H3. The maximum Gasteiger partial charge on any atom is 0.0834 e. The van der Waals surface area contributed by atoms with Crippen molar-refractivity contribution in [1.82, 2.24) is 20.0 Å². The van der Waals surface area contributed by atoms with E-state index >= 15 is 0 Å². The molecule has 116 valence electrons. The van der Waals surface area contributed by atoms with Gasteiger partial charge < -0.3 is 15.0 Å². The monoisotopic (exact) mass is 302 g/mol. The van der Waals surface area contributed by atoms with Crippen molar-refractivity contribution in [1.29, 1.82) is 0 Å². The van der Waals surface area contributed by atoms with E-state index in [4.69, 9.17) is 16.3 Å². The molecule has 1 aromatic rings. The number of aromatic nitrogens is 2. The van der Waals surface area contributed by atoms with Crippen LogP contribution in [-0.2, 0) is 11.3 Å². The van der Waals surface area contributed by atoms with E-state index < -0.39 is 0 Å². The second-order valence-electron chi connectivity index (χ2n) is 5.19. The first-order valence-electron chi connectivity index (χ1n) is 7.18. The van der Waals surface area contributed by atoms with Crippen LogP contribution in [0.1, 0.15) is 31.5 Å². The number of ether oxygens (including phenoxy) is 1. The van der Waals surface area contributed by atoms with Crippen molar-refractivity contribution in [2.45, 2.75) is 32.4 Å². The van der Waals surface area contributed by atoms with Crippen LogP contribution < -0.4 is 5.32 Å². The second-order valence-corrected chi connectivity index (χ2v) is 5.60. The first-order valence-corrected chi connectivity index (χ1v) is 7.56. The van der Waals surface area contributed by atoms with Crippen molar-refractivity contribution in [2.75, 3.05) is 40.9 Å². The summed E-state index contributed by atoms with van der Waals surface area (Å²) in [6.45, 7) is 5.60. The zero-order valence-corrected chi connectivity index (χ0v) is 13.8. The van der Waals surface area contributed by atoms with Gasteiger partial charge in [-0.2, -0.15) is 5.10 Å². The maximum absolute atomic E-state index is 6.34. The molecular weight excluding hydrogens is 276 g/mol. The van der Waals surface area contributed by atoms with E-state index in [0.29, 0.717) is 6.61 Å². The van der Waals surface area contributed by atoms with Gasteiger partial charge in [0.25, 0.3) is 0 Å². The Balaban J connectivity index is 2.83. The van der Waals surface area contributed by atoms with Crippen LogP contribution in [0, 0.1) is 0 Å². The van der Waals surface area contributed by atoms with Crippen molar-refractivity contribution < 1.29 is 4.74 Å². The molecule has 0 radical (unpaired) electrons. The maximum atomic E-state index is 6.34. The molecular formula is C14H27ClN4O. The summed E-state index contributed by atoms with van der Waals surface area (Å²) in [5.41, 5.74) is 1.07. The molecule has 0 aliphatic rings. The molecule has 0 fully saturated rings. The van der Waals surface area contributed by atoms with E-state index in [2.05, 4.69) is 36.3 Å².